The van der Waals surface area contributed by atoms with Gasteiger partial charge < -0.3 is 0 Å². The molecule has 4 heteroatoms. The van der Waals surface area contributed by atoms with Gasteiger partial charge in [0, 0.05) is 0 Å². The van der Waals surface area contributed by atoms with E-state index < -0.39 is 10.1 Å². The van der Waals surface area contributed by atoms with Crippen LogP contribution in [0.5, 0.6) is 0 Å². The Kier molecular flexibility index (Phi) is 8.09. The van der Waals surface area contributed by atoms with E-state index in [0.717, 1.165) is 32.1 Å². The Hall–Kier alpha value is -1.13. The topological polar surface area (TPSA) is 54.4 Å². The Morgan fingerprint density at radius 3 is 2.15 bits per heavy atom. The molecule has 0 aliphatic heterocycles. The zero-order valence-corrected chi connectivity index (χ0v) is 18.1. The second-order valence-corrected chi connectivity index (χ2v) is 9.96. The molecule has 148 valence electrons. The molecule has 0 heterocycles. The van der Waals surface area contributed by atoms with E-state index in [1.54, 1.807) is 0 Å². The summed E-state index contributed by atoms with van der Waals surface area (Å²) in [6.07, 6.45) is 8.31. The first kappa shape index (κ1) is 22.9. The highest BCUT2D eigenvalue weighted by Gasteiger charge is 2.25. The lowest BCUT2D eigenvalue weighted by atomic mass is 9.74. The molecule has 0 unspecified atom stereocenters. The van der Waals surface area contributed by atoms with Gasteiger partial charge >= 0.3 is 0 Å². The summed E-state index contributed by atoms with van der Waals surface area (Å²) in [4.78, 5) is 0. The monoisotopic (exact) mass is 380 g/mol. The van der Waals surface area contributed by atoms with Crippen LogP contribution in [0.3, 0.4) is 0 Å². The standard InChI is InChI=1S/C22H36O3S/c1-7-21(3,4)19-15-14-18(20(17-19)22(5,6)8-2)13-11-9-10-12-16-26(23,24)25/h10,12,14-15,17H,7-9,11,13,16H2,1-6H3,(H,23,24,25). The van der Waals surface area contributed by atoms with Crippen LogP contribution in [0.4, 0.5) is 0 Å². The quantitative estimate of drug-likeness (QED) is 0.316. The number of aryl methyl sites for hydroxylation is 1. The van der Waals surface area contributed by atoms with Crippen molar-refractivity contribution in [1.82, 2.24) is 0 Å². The van der Waals surface area contributed by atoms with Crippen molar-refractivity contribution in [2.24, 2.45) is 0 Å². The van der Waals surface area contributed by atoms with Gasteiger partial charge in [0.25, 0.3) is 10.1 Å². The molecule has 1 N–H and O–H groups in total. The molecule has 0 bridgehead atoms. The van der Waals surface area contributed by atoms with Gasteiger partial charge in [-0.2, -0.15) is 8.42 Å². The van der Waals surface area contributed by atoms with Gasteiger partial charge in [0.1, 0.15) is 0 Å². The van der Waals surface area contributed by atoms with Gasteiger partial charge in [-0.05, 0) is 59.6 Å². The second-order valence-electron chi connectivity index (χ2n) is 8.46. The van der Waals surface area contributed by atoms with Gasteiger partial charge in [-0.3, -0.25) is 4.55 Å². The lowest BCUT2D eigenvalue weighted by Gasteiger charge is -2.31. The molecule has 1 rings (SSSR count). The molecule has 1 aromatic rings. The van der Waals surface area contributed by atoms with Gasteiger partial charge in [0.2, 0.25) is 0 Å². The van der Waals surface area contributed by atoms with Crippen LogP contribution in [0.1, 0.15) is 83.9 Å². The predicted molar refractivity (Wildman–Crippen MR) is 112 cm³/mol. The maximum atomic E-state index is 10.7. The van der Waals surface area contributed by atoms with E-state index >= 15 is 0 Å². The minimum Gasteiger partial charge on any atom is -0.285 e. The number of unbranched alkanes of at least 4 members (excludes halogenated alkanes) is 1. The molecule has 1 aromatic carbocycles. The summed E-state index contributed by atoms with van der Waals surface area (Å²) in [5.74, 6) is -0.304. The Morgan fingerprint density at radius 2 is 1.62 bits per heavy atom. The van der Waals surface area contributed by atoms with E-state index in [2.05, 4.69) is 59.7 Å². The Bertz CT molecular complexity index is 713. The van der Waals surface area contributed by atoms with Crippen molar-refractivity contribution in [2.45, 2.75) is 84.5 Å². The highest BCUT2D eigenvalue weighted by molar-refractivity contribution is 7.85. The summed E-state index contributed by atoms with van der Waals surface area (Å²) in [6.45, 7) is 13.7. The summed E-state index contributed by atoms with van der Waals surface area (Å²) >= 11 is 0. The Morgan fingerprint density at radius 1 is 1.00 bits per heavy atom. The zero-order chi connectivity index (χ0) is 20.0. The third kappa shape index (κ3) is 6.88. The van der Waals surface area contributed by atoms with Crippen molar-refractivity contribution in [3.8, 4) is 0 Å². The van der Waals surface area contributed by atoms with E-state index in [9.17, 15) is 8.42 Å². The number of benzene rings is 1. The van der Waals surface area contributed by atoms with Crippen LogP contribution in [0, 0.1) is 0 Å². The molecule has 0 spiro atoms. The zero-order valence-electron chi connectivity index (χ0n) is 17.3. The van der Waals surface area contributed by atoms with Crippen LogP contribution in [0.15, 0.2) is 30.4 Å². The molecular weight excluding hydrogens is 344 g/mol. The number of rotatable bonds is 10. The maximum Gasteiger partial charge on any atom is 0.268 e. The number of hydrogen-bond acceptors (Lipinski definition) is 2. The average molecular weight is 381 g/mol. The van der Waals surface area contributed by atoms with E-state index in [-0.39, 0.29) is 16.6 Å². The van der Waals surface area contributed by atoms with Crippen molar-refractivity contribution in [3.63, 3.8) is 0 Å². The lowest BCUT2D eigenvalue weighted by Crippen LogP contribution is -2.22. The van der Waals surface area contributed by atoms with Crippen LogP contribution >= 0.6 is 0 Å². The van der Waals surface area contributed by atoms with Crippen LogP contribution < -0.4 is 0 Å². The first-order chi connectivity index (χ1) is 11.9. The molecule has 0 aliphatic carbocycles. The van der Waals surface area contributed by atoms with Crippen molar-refractivity contribution < 1.29 is 13.0 Å². The summed E-state index contributed by atoms with van der Waals surface area (Å²) < 4.78 is 30.2. The molecule has 0 saturated carbocycles. The summed E-state index contributed by atoms with van der Waals surface area (Å²) in [5.41, 5.74) is 4.52. The first-order valence-corrected chi connectivity index (χ1v) is 11.3. The molecule has 0 radical (unpaired) electrons. The van der Waals surface area contributed by atoms with E-state index in [4.69, 9.17) is 4.55 Å². The minimum absolute atomic E-state index is 0.135. The van der Waals surface area contributed by atoms with Gasteiger partial charge in [-0.25, -0.2) is 0 Å². The fourth-order valence-electron chi connectivity index (χ4n) is 2.96. The second kappa shape index (κ2) is 9.18. The fourth-order valence-corrected chi connectivity index (χ4v) is 3.34. The van der Waals surface area contributed by atoms with Gasteiger partial charge in [-0.1, -0.05) is 71.9 Å². The Balaban J connectivity index is 2.93. The molecule has 0 atom stereocenters. The third-order valence-corrected chi connectivity index (χ3v) is 6.29. The number of allylic oxidation sites excluding steroid dienone is 1. The van der Waals surface area contributed by atoms with E-state index in [1.165, 1.54) is 22.8 Å². The smallest absolute Gasteiger partial charge is 0.268 e. The SMILES string of the molecule is CCC(C)(C)c1ccc(CCCC=CCS(=O)(=O)O)c(C(C)(C)CC)c1. The number of hydrogen-bond donors (Lipinski definition) is 1. The summed E-state index contributed by atoms with van der Waals surface area (Å²) in [5, 5.41) is 0. The first-order valence-electron chi connectivity index (χ1n) is 9.67. The van der Waals surface area contributed by atoms with Crippen LogP contribution in [-0.4, -0.2) is 18.7 Å². The van der Waals surface area contributed by atoms with Crippen LogP contribution in [-0.2, 0) is 27.4 Å². The summed E-state index contributed by atoms with van der Waals surface area (Å²) in [6, 6.07) is 6.94. The molecule has 26 heavy (non-hydrogen) atoms. The third-order valence-electron chi connectivity index (χ3n) is 5.68. The highest BCUT2D eigenvalue weighted by atomic mass is 32.2. The highest BCUT2D eigenvalue weighted by Crippen LogP contribution is 2.35. The molecule has 0 amide bonds. The molecular formula is C22H36O3S. The largest absolute Gasteiger partial charge is 0.285 e. The van der Waals surface area contributed by atoms with Crippen molar-refractivity contribution in [3.05, 3.63) is 47.0 Å². The fraction of sp³-hybridized carbons (Fsp3) is 0.636. The maximum absolute atomic E-state index is 10.7. The lowest BCUT2D eigenvalue weighted by molar-refractivity contribution is 0.484. The van der Waals surface area contributed by atoms with Gasteiger partial charge in [-0.15, -0.1) is 0 Å². The van der Waals surface area contributed by atoms with Crippen molar-refractivity contribution in [2.75, 3.05) is 5.75 Å². The molecule has 3 nitrogen and oxygen atoms in total. The molecule has 0 aliphatic rings. The predicted octanol–water partition coefficient (Wildman–Crippen LogP) is 5.83. The van der Waals surface area contributed by atoms with Crippen LogP contribution in [0.2, 0.25) is 0 Å². The van der Waals surface area contributed by atoms with Crippen LogP contribution in [0.25, 0.3) is 0 Å². The minimum atomic E-state index is -3.90. The average Bonchev–Trinajstić information content (AvgIpc) is 2.56. The van der Waals surface area contributed by atoms with Gasteiger partial charge in [0.05, 0.1) is 5.75 Å². The van der Waals surface area contributed by atoms with E-state index in [1.807, 2.05) is 6.08 Å². The van der Waals surface area contributed by atoms with Crippen molar-refractivity contribution >= 4 is 10.1 Å². The molecule has 0 aromatic heterocycles. The van der Waals surface area contributed by atoms with Gasteiger partial charge in [0.15, 0.2) is 0 Å². The van der Waals surface area contributed by atoms with E-state index in [0.29, 0.717) is 0 Å². The molecule has 0 fully saturated rings. The molecule has 0 saturated heterocycles. The Labute approximate surface area is 160 Å². The normalized spacial score (nSPS) is 13.5. The van der Waals surface area contributed by atoms with Crippen molar-refractivity contribution in [1.29, 1.82) is 0 Å². The summed E-state index contributed by atoms with van der Waals surface area (Å²) in [7, 11) is -3.90.